The van der Waals surface area contributed by atoms with Crippen LogP contribution < -0.4 is 0 Å². The highest BCUT2D eigenvalue weighted by Gasteiger charge is 2.35. The summed E-state index contributed by atoms with van der Waals surface area (Å²) in [6.07, 6.45) is 21.4. The Labute approximate surface area is 171 Å². The second-order valence-corrected chi connectivity index (χ2v) is 9.98. The van der Waals surface area contributed by atoms with E-state index in [1.807, 2.05) is 0 Å². The summed E-state index contributed by atoms with van der Waals surface area (Å²) in [5.74, 6) is 1.28. The highest BCUT2D eigenvalue weighted by molar-refractivity contribution is 8.00. The normalized spacial score (nSPS) is 30.0. The van der Waals surface area contributed by atoms with E-state index in [1.165, 1.54) is 102 Å². The molecule has 3 heterocycles. The van der Waals surface area contributed by atoms with Crippen LogP contribution in [0.15, 0.2) is 0 Å². The first-order valence-corrected chi connectivity index (χ1v) is 12.9. The average molecular weight is 399 g/mol. The van der Waals surface area contributed by atoms with Crippen molar-refractivity contribution in [2.75, 3.05) is 25.6 Å². The molecule has 0 aliphatic carbocycles. The lowest BCUT2D eigenvalue weighted by Crippen LogP contribution is -2.34. The first-order chi connectivity index (χ1) is 13.4. The quantitative estimate of drug-likeness (QED) is 0.348. The molecule has 3 aliphatic heterocycles. The number of unbranched alkanes of at least 4 members (excludes halogenated alkanes) is 6. The smallest absolute Gasteiger partial charge is 0.0719 e. The van der Waals surface area contributed by atoms with Crippen LogP contribution in [-0.4, -0.2) is 49.1 Å². The second-order valence-electron chi connectivity index (χ2n) is 8.69. The molecule has 3 fully saturated rings. The number of rotatable bonds is 13. The summed E-state index contributed by atoms with van der Waals surface area (Å²) in [5, 5.41) is 0.581. The van der Waals surface area contributed by atoms with Crippen LogP contribution in [0.4, 0.5) is 0 Å². The molecular weight excluding hydrogens is 356 g/mol. The molecule has 3 unspecified atom stereocenters. The fourth-order valence-corrected chi connectivity index (χ4v) is 6.29. The minimum Gasteiger partial charge on any atom is -0.378 e. The third kappa shape index (κ3) is 8.24. The van der Waals surface area contributed by atoms with Crippen LogP contribution in [0.5, 0.6) is 0 Å². The Kier molecular flexibility index (Phi) is 10.9. The molecule has 3 atom stereocenters. The first-order valence-electron chi connectivity index (χ1n) is 11.9. The molecule has 0 aromatic carbocycles. The van der Waals surface area contributed by atoms with Gasteiger partial charge in [-0.1, -0.05) is 38.5 Å². The van der Waals surface area contributed by atoms with E-state index >= 15 is 0 Å². The van der Waals surface area contributed by atoms with Gasteiger partial charge in [-0.05, 0) is 63.5 Å². The minimum atomic E-state index is 0.450. The summed E-state index contributed by atoms with van der Waals surface area (Å²) in [7, 11) is 0. The number of hydrogen-bond acceptors (Lipinski definition) is 4. The van der Waals surface area contributed by atoms with Crippen LogP contribution in [0.25, 0.3) is 0 Å². The molecule has 4 heteroatoms. The van der Waals surface area contributed by atoms with Crippen molar-refractivity contribution < 1.29 is 14.2 Å². The van der Waals surface area contributed by atoms with Crippen molar-refractivity contribution in [3.05, 3.63) is 0 Å². The maximum Gasteiger partial charge on any atom is 0.0719 e. The zero-order valence-corrected chi connectivity index (χ0v) is 18.2. The fraction of sp³-hybridized carbons (Fsp3) is 1.00. The van der Waals surface area contributed by atoms with Gasteiger partial charge < -0.3 is 14.2 Å². The van der Waals surface area contributed by atoms with Crippen molar-refractivity contribution in [3.8, 4) is 0 Å². The molecule has 27 heavy (non-hydrogen) atoms. The van der Waals surface area contributed by atoms with Gasteiger partial charge in [0.15, 0.2) is 0 Å². The van der Waals surface area contributed by atoms with Crippen LogP contribution in [0.3, 0.4) is 0 Å². The highest BCUT2D eigenvalue weighted by Crippen LogP contribution is 2.33. The molecule has 0 N–H and O–H groups in total. The minimum absolute atomic E-state index is 0.450. The average Bonchev–Trinajstić information content (AvgIpc) is 3.41. The third-order valence-corrected chi connectivity index (χ3v) is 7.93. The lowest BCUT2D eigenvalue weighted by molar-refractivity contribution is 0.00977. The van der Waals surface area contributed by atoms with Crippen LogP contribution in [0.1, 0.15) is 96.3 Å². The molecule has 0 amide bonds. The van der Waals surface area contributed by atoms with Crippen molar-refractivity contribution in [1.82, 2.24) is 0 Å². The zero-order valence-electron chi connectivity index (χ0n) is 17.4. The summed E-state index contributed by atoms with van der Waals surface area (Å²) in [5.41, 5.74) is 0. The standard InChI is InChI=1S/C23H42O3S/c1(2-4-6-12-20-13-7-8-16-24-20)3-5-9-19-27-23(21-14-10-17-25-21)22-15-11-18-26-22/h20-23H,1-19H2. The van der Waals surface area contributed by atoms with Crippen molar-refractivity contribution in [1.29, 1.82) is 0 Å². The molecule has 158 valence electrons. The predicted molar refractivity (Wildman–Crippen MR) is 115 cm³/mol. The molecule has 3 nitrogen and oxygen atoms in total. The van der Waals surface area contributed by atoms with Gasteiger partial charge in [0.05, 0.1) is 23.6 Å². The van der Waals surface area contributed by atoms with Crippen molar-refractivity contribution in [2.24, 2.45) is 0 Å². The molecule has 0 spiro atoms. The van der Waals surface area contributed by atoms with E-state index in [0.717, 1.165) is 19.8 Å². The second kappa shape index (κ2) is 13.5. The van der Waals surface area contributed by atoms with E-state index in [2.05, 4.69) is 11.8 Å². The Morgan fingerprint density at radius 2 is 1.26 bits per heavy atom. The monoisotopic (exact) mass is 398 g/mol. The van der Waals surface area contributed by atoms with Crippen LogP contribution in [-0.2, 0) is 14.2 Å². The topological polar surface area (TPSA) is 27.7 Å². The number of thioether (sulfide) groups is 1. The zero-order chi connectivity index (χ0) is 18.6. The molecule has 0 bridgehead atoms. The highest BCUT2D eigenvalue weighted by atomic mass is 32.2. The van der Waals surface area contributed by atoms with Crippen LogP contribution in [0.2, 0.25) is 0 Å². The SMILES string of the molecule is C(CCCCSC(C1CCCO1)C1CCCO1)CCCCC1CCCCO1. The summed E-state index contributed by atoms with van der Waals surface area (Å²) >= 11 is 2.14. The molecular formula is C23H42O3S. The molecule has 0 radical (unpaired) electrons. The molecule has 0 saturated carbocycles. The lowest BCUT2D eigenvalue weighted by atomic mass is 10.0. The largest absolute Gasteiger partial charge is 0.378 e. The lowest BCUT2D eigenvalue weighted by Gasteiger charge is -2.27. The van der Waals surface area contributed by atoms with Gasteiger partial charge in [0.2, 0.25) is 0 Å². The van der Waals surface area contributed by atoms with Gasteiger partial charge in [-0.25, -0.2) is 0 Å². The summed E-state index contributed by atoms with van der Waals surface area (Å²) in [4.78, 5) is 0. The Morgan fingerprint density at radius 3 is 1.85 bits per heavy atom. The Bertz CT molecular complexity index is 345. The van der Waals surface area contributed by atoms with E-state index in [0.29, 0.717) is 23.6 Å². The maximum atomic E-state index is 5.99. The van der Waals surface area contributed by atoms with Gasteiger partial charge in [-0.2, -0.15) is 11.8 Å². The maximum absolute atomic E-state index is 5.99. The van der Waals surface area contributed by atoms with Gasteiger partial charge in [0.1, 0.15) is 0 Å². The first kappa shape index (κ1) is 21.9. The van der Waals surface area contributed by atoms with E-state index < -0.39 is 0 Å². The van der Waals surface area contributed by atoms with Gasteiger partial charge >= 0.3 is 0 Å². The Morgan fingerprint density at radius 1 is 0.630 bits per heavy atom. The molecule has 0 aromatic heterocycles. The third-order valence-electron chi connectivity index (χ3n) is 6.42. The summed E-state index contributed by atoms with van der Waals surface area (Å²) in [6, 6.07) is 0. The van der Waals surface area contributed by atoms with Gasteiger partial charge in [-0.3, -0.25) is 0 Å². The van der Waals surface area contributed by atoms with E-state index in [9.17, 15) is 0 Å². The van der Waals surface area contributed by atoms with Gasteiger partial charge in [0.25, 0.3) is 0 Å². The summed E-state index contributed by atoms with van der Waals surface area (Å²) < 4.78 is 17.8. The Hall–Kier alpha value is 0.230. The number of ether oxygens (including phenoxy) is 3. The van der Waals surface area contributed by atoms with E-state index in [-0.39, 0.29) is 0 Å². The van der Waals surface area contributed by atoms with Crippen molar-refractivity contribution in [2.45, 2.75) is 120 Å². The van der Waals surface area contributed by atoms with Crippen LogP contribution in [0, 0.1) is 0 Å². The van der Waals surface area contributed by atoms with Crippen molar-refractivity contribution >= 4 is 11.8 Å². The van der Waals surface area contributed by atoms with Gasteiger partial charge in [0, 0.05) is 19.8 Å². The van der Waals surface area contributed by atoms with E-state index in [4.69, 9.17) is 14.2 Å². The molecule has 0 aromatic rings. The molecule has 3 saturated heterocycles. The summed E-state index contributed by atoms with van der Waals surface area (Å²) in [6.45, 7) is 2.92. The van der Waals surface area contributed by atoms with E-state index in [1.54, 1.807) is 0 Å². The van der Waals surface area contributed by atoms with Gasteiger partial charge in [-0.15, -0.1) is 0 Å². The molecule has 3 aliphatic rings. The molecule has 3 rings (SSSR count). The fourth-order valence-electron chi connectivity index (χ4n) is 4.79. The Balaban J connectivity index is 1.15. The number of hydrogen-bond donors (Lipinski definition) is 0. The predicted octanol–water partition coefficient (Wildman–Crippen LogP) is 6.14. The van der Waals surface area contributed by atoms with Crippen LogP contribution >= 0.6 is 11.8 Å². The van der Waals surface area contributed by atoms with Crippen molar-refractivity contribution in [3.63, 3.8) is 0 Å².